The molecule has 0 saturated carbocycles. The summed E-state index contributed by atoms with van der Waals surface area (Å²) >= 11 is 1.73. The molecule has 1 nitrogen and oxygen atoms in total. The second-order valence-electron chi connectivity index (χ2n) is 4.66. The van der Waals surface area contributed by atoms with Crippen LogP contribution in [0, 0.1) is 0 Å². The molecule has 3 aromatic carbocycles. The standard InChI is InChI=1S/C18H14OS/c1-13(19)14-9-11-16(12-10-14)20-18-8-4-6-15-5-2-3-7-17(15)18/h2-12H,1H3. The van der Waals surface area contributed by atoms with Gasteiger partial charge in [0, 0.05) is 15.4 Å². The van der Waals surface area contributed by atoms with E-state index in [4.69, 9.17) is 0 Å². The van der Waals surface area contributed by atoms with Crippen molar-refractivity contribution in [3.05, 3.63) is 72.3 Å². The summed E-state index contributed by atoms with van der Waals surface area (Å²) in [6, 6.07) is 22.5. The lowest BCUT2D eigenvalue weighted by molar-refractivity contribution is 0.101. The number of hydrogen-bond donors (Lipinski definition) is 0. The van der Waals surface area contributed by atoms with Gasteiger partial charge < -0.3 is 0 Å². The first-order chi connectivity index (χ1) is 9.74. The third kappa shape index (κ3) is 2.61. The van der Waals surface area contributed by atoms with Crippen LogP contribution in [0.1, 0.15) is 17.3 Å². The third-order valence-corrected chi connectivity index (χ3v) is 4.32. The van der Waals surface area contributed by atoms with Gasteiger partial charge >= 0.3 is 0 Å². The van der Waals surface area contributed by atoms with Crippen molar-refractivity contribution in [3.63, 3.8) is 0 Å². The second-order valence-corrected chi connectivity index (χ2v) is 5.78. The molecule has 0 aliphatic heterocycles. The molecule has 0 unspecified atom stereocenters. The van der Waals surface area contributed by atoms with Gasteiger partial charge in [-0.25, -0.2) is 0 Å². The third-order valence-electron chi connectivity index (χ3n) is 3.24. The van der Waals surface area contributed by atoms with E-state index < -0.39 is 0 Å². The van der Waals surface area contributed by atoms with Gasteiger partial charge in [0.25, 0.3) is 0 Å². The molecule has 0 radical (unpaired) electrons. The van der Waals surface area contributed by atoms with Crippen molar-refractivity contribution in [2.45, 2.75) is 16.7 Å². The fourth-order valence-electron chi connectivity index (χ4n) is 2.17. The first-order valence-electron chi connectivity index (χ1n) is 6.51. The van der Waals surface area contributed by atoms with E-state index in [0.717, 1.165) is 10.5 Å². The second kappa shape index (κ2) is 5.51. The molecule has 0 fully saturated rings. The summed E-state index contributed by atoms with van der Waals surface area (Å²) in [6.45, 7) is 1.59. The summed E-state index contributed by atoms with van der Waals surface area (Å²) in [5.41, 5.74) is 0.757. The molecule has 0 atom stereocenters. The number of carbonyl (C=O) groups excluding carboxylic acids is 1. The molecule has 0 aromatic heterocycles. The predicted molar refractivity (Wildman–Crippen MR) is 84.5 cm³/mol. The highest BCUT2D eigenvalue weighted by molar-refractivity contribution is 7.99. The Morgan fingerprint density at radius 1 is 0.850 bits per heavy atom. The van der Waals surface area contributed by atoms with Gasteiger partial charge in [0.15, 0.2) is 5.78 Å². The molecule has 0 spiro atoms. The van der Waals surface area contributed by atoms with Gasteiger partial charge in [0.1, 0.15) is 0 Å². The van der Waals surface area contributed by atoms with Crippen LogP contribution in [0.2, 0.25) is 0 Å². The highest BCUT2D eigenvalue weighted by atomic mass is 32.2. The van der Waals surface area contributed by atoms with E-state index in [1.165, 1.54) is 15.7 Å². The number of fused-ring (bicyclic) bond motifs is 1. The molecule has 0 heterocycles. The van der Waals surface area contributed by atoms with E-state index in [0.29, 0.717) is 0 Å². The maximum atomic E-state index is 11.3. The zero-order chi connectivity index (χ0) is 13.9. The minimum absolute atomic E-state index is 0.103. The van der Waals surface area contributed by atoms with Gasteiger partial charge in [0.05, 0.1) is 0 Å². The van der Waals surface area contributed by atoms with E-state index in [1.54, 1.807) is 18.7 Å². The first kappa shape index (κ1) is 12.9. The summed E-state index contributed by atoms with van der Waals surface area (Å²) in [4.78, 5) is 13.7. The number of rotatable bonds is 3. The van der Waals surface area contributed by atoms with Crippen molar-refractivity contribution in [1.29, 1.82) is 0 Å². The number of benzene rings is 3. The van der Waals surface area contributed by atoms with Crippen LogP contribution in [0.5, 0.6) is 0 Å². The van der Waals surface area contributed by atoms with Crippen LogP contribution in [0.25, 0.3) is 10.8 Å². The Kier molecular flexibility index (Phi) is 3.57. The van der Waals surface area contributed by atoms with E-state index >= 15 is 0 Å². The van der Waals surface area contributed by atoms with Crippen LogP contribution in [0.3, 0.4) is 0 Å². The van der Waals surface area contributed by atoms with Crippen LogP contribution in [-0.4, -0.2) is 5.78 Å². The van der Waals surface area contributed by atoms with E-state index in [2.05, 4.69) is 42.5 Å². The average molecular weight is 278 g/mol. The minimum atomic E-state index is 0.103. The highest BCUT2D eigenvalue weighted by Crippen LogP contribution is 2.33. The van der Waals surface area contributed by atoms with Crippen molar-refractivity contribution in [3.8, 4) is 0 Å². The molecule has 0 aliphatic carbocycles. The molecule has 0 N–H and O–H groups in total. The predicted octanol–water partition coefficient (Wildman–Crippen LogP) is 5.19. The Morgan fingerprint density at radius 3 is 2.30 bits per heavy atom. The monoisotopic (exact) mass is 278 g/mol. The number of Topliss-reactive ketones (excluding diaryl/α,β-unsaturated/α-hetero) is 1. The van der Waals surface area contributed by atoms with E-state index in [9.17, 15) is 4.79 Å². The van der Waals surface area contributed by atoms with Gasteiger partial charge in [-0.05, 0) is 35.9 Å². The maximum absolute atomic E-state index is 11.3. The SMILES string of the molecule is CC(=O)c1ccc(Sc2cccc3ccccc23)cc1. The van der Waals surface area contributed by atoms with Crippen LogP contribution < -0.4 is 0 Å². The molecule has 3 rings (SSSR count). The molecule has 0 saturated heterocycles. The van der Waals surface area contributed by atoms with Crippen molar-refractivity contribution >= 4 is 28.3 Å². The lowest BCUT2D eigenvalue weighted by Crippen LogP contribution is -1.90. The molecule has 20 heavy (non-hydrogen) atoms. The van der Waals surface area contributed by atoms with E-state index in [-0.39, 0.29) is 5.78 Å². The van der Waals surface area contributed by atoms with Crippen molar-refractivity contribution in [2.75, 3.05) is 0 Å². The summed E-state index contributed by atoms with van der Waals surface area (Å²) in [5, 5.41) is 2.51. The summed E-state index contributed by atoms with van der Waals surface area (Å²) in [5.74, 6) is 0.103. The molecule has 0 bridgehead atoms. The Morgan fingerprint density at radius 2 is 1.55 bits per heavy atom. The molecular formula is C18H14OS. The zero-order valence-corrected chi connectivity index (χ0v) is 12.0. The van der Waals surface area contributed by atoms with Crippen LogP contribution in [0.15, 0.2) is 76.5 Å². The number of ketones is 1. The van der Waals surface area contributed by atoms with Gasteiger partial charge in [-0.3, -0.25) is 4.79 Å². The van der Waals surface area contributed by atoms with Gasteiger partial charge in [-0.2, -0.15) is 0 Å². The largest absolute Gasteiger partial charge is 0.295 e. The Labute approximate surface area is 122 Å². The molecule has 0 aliphatic rings. The fourth-order valence-corrected chi connectivity index (χ4v) is 3.14. The van der Waals surface area contributed by atoms with Crippen LogP contribution in [-0.2, 0) is 0 Å². The lowest BCUT2D eigenvalue weighted by atomic mass is 10.1. The quantitative estimate of drug-likeness (QED) is 0.613. The topological polar surface area (TPSA) is 17.1 Å². The fraction of sp³-hybridized carbons (Fsp3) is 0.0556. The Bertz CT molecular complexity index is 754. The number of carbonyl (C=O) groups is 1. The zero-order valence-electron chi connectivity index (χ0n) is 11.2. The van der Waals surface area contributed by atoms with Crippen LogP contribution in [0.4, 0.5) is 0 Å². The van der Waals surface area contributed by atoms with E-state index in [1.807, 2.05) is 24.3 Å². The first-order valence-corrected chi connectivity index (χ1v) is 7.32. The summed E-state index contributed by atoms with van der Waals surface area (Å²) in [6.07, 6.45) is 0. The summed E-state index contributed by atoms with van der Waals surface area (Å²) < 4.78 is 0. The van der Waals surface area contributed by atoms with Gasteiger partial charge in [-0.1, -0.05) is 60.3 Å². The van der Waals surface area contributed by atoms with Gasteiger partial charge in [0.2, 0.25) is 0 Å². The van der Waals surface area contributed by atoms with Crippen molar-refractivity contribution in [2.24, 2.45) is 0 Å². The molecular weight excluding hydrogens is 264 g/mol. The lowest BCUT2D eigenvalue weighted by Gasteiger charge is -2.06. The molecule has 0 amide bonds. The maximum Gasteiger partial charge on any atom is 0.159 e. The Balaban J connectivity index is 1.95. The highest BCUT2D eigenvalue weighted by Gasteiger charge is 2.04. The van der Waals surface area contributed by atoms with Crippen LogP contribution >= 0.6 is 11.8 Å². The van der Waals surface area contributed by atoms with Crippen molar-refractivity contribution < 1.29 is 4.79 Å². The molecule has 3 aromatic rings. The Hall–Kier alpha value is -2.06. The molecule has 2 heteroatoms. The molecule has 98 valence electrons. The normalized spacial score (nSPS) is 10.7. The van der Waals surface area contributed by atoms with Gasteiger partial charge in [-0.15, -0.1) is 0 Å². The number of hydrogen-bond acceptors (Lipinski definition) is 2. The summed E-state index contributed by atoms with van der Waals surface area (Å²) in [7, 11) is 0. The van der Waals surface area contributed by atoms with Crippen molar-refractivity contribution in [1.82, 2.24) is 0 Å². The average Bonchev–Trinajstić information content (AvgIpc) is 2.48. The minimum Gasteiger partial charge on any atom is -0.295 e. The smallest absolute Gasteiger partial charge is 0.159 e.